The molecule has 1 aliphatic carbocycles. The van der Waals surface area contributed by atoms with Crippen LogP contribution in [0.3, 0.4) is 0 Å². The first-order chi connectivity index (χ1) is 12.6. The summed E-state index contributed by atoms with van der Waals surface area (Å²) in [6, 6.07) is 7.74. The highest BCUT2D eigenvalue weighted by atomic mass is 35.5. The molecule has 2 aliphatic rings. The molecule has 7 heteroatoms. The van der Waals surface area contributed by atoms with Crippen molar-refractivity contribution in [3.8, 4) is 0 Å². The lowest BCUT2D eigenvalue weighted by atomic mass is 9.97. The minimum atomic E-state index is -0.0160. The average molecular weight is 396 g/mol. The van der Waals surface area contributed by atoms with Crippen LogP contribution >= 0.6 is 12.4 Å². The van der Waals surface area contributed by atoms with E-state index in [1.165, 1.54) is 12.8 Å². The number of hydrogen-bond acceptors (Lipinski definition) is 4. The number of halogens is 1. The molecule has 0 bridgehead atoms. The van der Waals surface area contributed by atoms with Gasteiger partial charge in [0.2, 0.25) is 5.91 Å². The molecule has 2 amide bonds. The van der Waals surface area contributed by atoms with Crippen LogP contribution in [0.4, 0.5) is 0 Å². The number of benzene rings is 1. The number of ether oxygens (including phenoxy) is 1. The molecule has 0 unspecified atom stereocenters. The zero-order chi connectivity index (χ0) is 18.5. The van der Waals surface area contributed by atoms with Crippen molar-refractivity contribution in [2.45, 2.75) is 31.9 Å². The van der Waals surface area contributed by atoms with Gasteiger partial charge in [0.05, 0.1) is 6.61 Å². The molecular weight excluding hydrogens is 366 g/mol. The average Bonchev–Trinajstić information content (AvgIpc) is 3.42. The predicted molar refractivity (Wildman–Crippen MR) is 107 cm³/mol. The Bertz CT molecular complexity index is 634. The lowest BCUT2D eigenvalue weighted by Gasteiger charge is -2.19. The Balaban J connectivity index is 0.00000261. The van der Waals surface area contributed by atoms with Gasteiger partial charge in [-0.25, -0.2) is 0 Å². The van der Waals surface area contributed by atoms with Gasteiger partial charge in [-0.2, -0.15) is 0 Å². The first-order valence-corrected chi connectivity index (χ1v) is 9.42. The van der Waals surface area contributed by atoms with Gasteiger partial charge < -0.3 is 20.3 Å². The van der Waals surface area contributed by atoms with Gasteiger partial charge in [0.15, 0.2) is 0 Å². The van der Waals surface area contributed by atoms with Crippen LogP contribution in [0.5, 0.6) is 0 Å². The molecule has 1 aliphatic heterocycles. The molecule has 3 rings (SSSR count). The van der Waals surface area contributed by atoms with E-state index in [-0.39, 0.29) is 30.3 Å². The number of carbonyl (C=O) groups excluding carboxylic acids is 2. The highest BCUT2D eigenvalue weighted by Gasteiger charge is 2.42. The highest BCUT2D eigenvalue weighted by Crippen LogP contribution is 2.41. The molecule has 0 radical (unpaired) electrons. The lowest BCUT2D eigenvalue weighted by molar-refractivity contribution is -0.120. The Kier molecular flexibility index (Phi) is 8.07. The third-order valence-corrected chi connectivity index (χ3v) is 5.45. The molecule has 1 saturated carbocycles. The second-order valence-electron chi connectivity index (χ2n) is 7.39. The Morgan fingerprint density at radius 3 is 2.48 bits per heavy atom. The van der Waals surface area contributed by atoms with E-state index in [9.17, 15) is 9.59 Å². The molecule has 2 fully saturated rings. The number of likely N-dealkylation sites (tertiary alicyclic amines) is 1. The molecule has 2 N–H and O–H groups in total. The van der Waals surface area contributed by atoms with Crippen molar-refractivity contribution in [3.05, 3.63) is 35.4 Å². The van der Waals surface area contributed by atoms with Gasteiger partial charge in [0.25, 0.3) is 5.91 Å². The van der Waals surface area contributed by atoms with Crippen LogP contribution in [-0.2, 0) is 16.1 Å². The first-order valence-electron chi connectivity index (χ1n) is 9.42. The second kappa shape index (κ2) is 10.1. The summed E-state index contributed by atoms with van der Waals surface area (Å²) in [5.74, 6) is 1.26. The fraction of sp³-hybridized carbons (Fsp3) is 0.600. The van der Waals surface area contributed by atoms with E-state index in [0.717, 1.165) is 31.1 Å². The standard InChI is InChI=1S/C20H29N3O3.ClH/c1-21-19(24)9-10-23-11-17(15-7-8-15)18(12-23)22-20(25)16-5-3-14(4-6-16)13-26-2;/h3-6,15,17-18H,7-13H2,1-2H3,(H,21,24)(H,22,25);1H/t17-,18+;/m1./s1. The molecule has 1 saturated heterocycles. The summed E-state index contributed by atoms with van der Waals surface area (Å²) >= 11 is 0. The zero-order valence-corrected chi connectivity index (χ0v) is 16.9. The van der Waals surface area contributed by atoms with E-state index in [0.29, 0.717) is 24.5 Å². The number of hydrogen-bond donors (Lipinski definition) is 2. The maximum absolute atomic E-state index is 12.7. The van der Waals surface area contributed by atoms with E-state index < -0.39 is 0 Å². The van der Waals surface area contributed by atoms with E-state index in [4.69, 9.17) is 4.74 Å². The maximum atomic E-state index is 12.7. The minimum absolute atomic E-state index is 0. The molecule has 150 valence electrons. The van der Waals surface area contributed by atoms with Crippen molar-refractivity contribution in [1.82, 2.24) is 15.5 Å². The summed E-state index contributed by atoms with van der Waals surface area (Å²) in [4.78, 5) is 26.5. The molecule has 0 spiro atoms. The van der Waals surface area contributed by atoms with Gasteiger partial charge in [-0.05, 0) is 42.4 Å². The van der Waals surface area contributed by atoms with Crippen LogP contribution in [0.15, 0.2) is 24.3 Å². The Morgan fingerprint density at radius 2 is 1.89 bits per heavy atom. The topological polar surface area (TPSA) is 70.7 Å². The van der Waals surface area contributed by atoms with E-state index in [1.54, 1.807) is 14.2 Å². The van der Waals surface area contributed by atoms with Gasteiger partial charge in [-0.3, -0.25) is 9.59 Å². The quantitative estimate of drug-likeness (QED) is 0.704. The number of nitrogens with one attached hydrogen (secondary N) is 2. The van der Waals surface area contributed by atoms with Crippen LogP contribution < -0.4 is 10.6 Å². The normalized spacial score (nSPS) is 22.1. The molecule has 1 aromatic carbocycles. The summed E-state index contributed by atoms with van der Waals surface area (Å²) < 4.78 is 5.11. The summed E-state index contributed by atoms with van der Waals surface area (Å²) in [6.45, 7) is 3.10. The highest BCUT2D eigenvalue weighted by molar-refractivity contribution is 5.94. The van der Waals surface area contributed by atoms with Gasteiger partial charge in [0.1, 0.15) is 0 Å². The summed E-state index contributed by atoms with van der Waals surface area (Å²) in [5, 5.41) is 5.91. The Morgan fingerprint density at radius 1 is 1.19 bits per heavy atom. The van der Waals surface area contributed by atoms with Gasteiger partial charge in [0, 0.05) is 51.8 Å². The number of rotatable bonds is 8. The predicted octanol–water partition coefficient (Wildman–Crippen LogP) is 1.83. The molecule has 1 heterocycles. The van der Waals surface area contributed by atoms with E-state index >= 15 is 0 Å². The van der Waals surface area contributed by atoms with Crippen molar-refractivity contribution >= 4 is 24.2 Å². The molecule has 27 heavy (non-hydrogen) atoms. The Hall–Kier alpha value is -1.63. The van der Waals surface area contributed by atoms with Gasteiger partial charge in [-0.15, -0.1) is 12.4 Å². The van der Waals surface area contributed by atoms with Crippen molar-refractivity contribution in [3.63, 3.8) is 0 Å². The fourth-order valence-electron chi connectivity index (χ4n) is 3.81. The van der Waals surface area contributed by atoms with Gasteiger partial charge >= 0.3 is 0 Å². The van der Waals surface area contributed by atoms with E-state index in [1.807, 2.05) is 24.3 Å². The number of amides is 2. The maximum Gasteiger partial charge on any atom is 0.251 e. The van der Waals surface area contributed by atoms with Crippen LogP contribution in [0.2, 0.25) is 0 Å². The number of carbonyl (C=O) groups is 2. The lowest BCUT2D eigenvalue weighted by Crippen LogP contribution is -2.41. The molecule has 1 aromatic rings. The summed E-state index contributed by atoms with van der Waals surface area (Å²) in [5.41, 5.74) is 1.74. The third-order valence-electron chi connectivity index (χ3n) is 5.45. The number of nitrogens with zero attached hydrogens (tertiary/aromatic N) is 1. The third kappa shape index (κ3) is 5.92. The Labute approximate surface area is 167 Å². The fourth-order valence-corrected chi connectivity index (χ4v) is 3.81. The zero-order valence-electron chi connectivity index (χ0n) is 16.1. The largest absolute Gasteiger partial charge is 0.380 e. The first kappa shape index (κ1) is 21.7. The monoisotopic (exact) mass is 395 g/mol. The van der Waals surface area contributed by atoms with Crippen LogP contribution in [0, 0.1) is 11.8 Å². The van der Waals surface area contributed by atoms with Crippen LogP contribution in [0.25, 0.3) is 0 Å². The van der Waals surface area contributed by atoms with Crippen molar-refractivity contribution < 1.29 is 14.3 Å². The van der Waals surface area contributed by atoms with Crippen LogP contribution in [-0.4, -0.2) is 56.5 Å². The molecule has 2 atom stereocenters. The van der Waals surface area contributed by atoms with Crippen LogP contribution in [0.1, 0.15) is 35.2 Å². The van der Waals surface area contributed by atoms with E-state index in [2.05, 4.69) is 15.5 Å². The second-order valence-corrected chi connectivity index (χ2v) is 7.39. The van der Waals surface area contributed by atoms with Crippen molar-refractivity contribution in [2.75, 3.05) is 33.8 Å². The number of methoxy groups -OCH3 is 1. The smallest absolute Gasteiger partial charge is 0.251 e. The molecular formula is C20H30ClN3O3. The SMILES string of the molecule is CNC(=O)CCN1C[C@H](NC(=O)c2ccc(COC)cc2)[C@@H](C2CC2)C1.Cl. The molecule has 0 aromatic heterocycles. The summed E-state index contributed by atoms with van der Waals surface area (Å²) in [6.07, 6.45) is 3.02. The van der Waals surface area contributed by atoms with Crippen molar-refractivity contribution in [1.29, 1.82) is 0 Å². The van der Waals surface area contributed by atoms with Gasteiger partial charge in [-0.1, -0.05) is 12.1 Å². The minimum Gasteiger partial charge on any atom is -0.380 e. The molecule has 6 nitrogen and oxygen atoms in total. The summed E-state index contributed by atoms with van der Waals surface area (Å²) in [7, 11) is 3.33. The van der Waals surface area contributed by atoms with Crippen molar-refractivity contribution in [2.24, 2.45) is 11.8 Å².